The Labute approximate surface area is 170 Å². The van der Waals surface area contributed by atoms with Crippen LogP contribution in [0.3, 0.4) is 0 Å². The van der Waals surface area contributed by atoms with Gasteiger partial charge in [-0.25, -0.2) is 0 Å². The first-order valence-electron chi connectivity index (χ1n) is 9.86. The second kappa shape index (κ2) is 8.04. The molecule has 1 saturated heterocycles. The van der Waals surface area contributed by atoms with Gasteiger partial charge in [0, 0.05) is 25.2 Å². The topological polar surface area (TPSA) is 86.0 Å². The van der Waals surface area contributed by atoms with E-state index in [1.54, 1.807) is 29.9 Å². The number of morpholine rings is 1. The third kappa shape index (κ3) is 3.70. The predicted molar refractivity (Wildman–Crippen MR) is 105 cm³/mol. The summed E-state index contributed by atoms with van der Waals surface area (Å²) in [6.45, 7) is 0.588. The number of nitrogens with zero attached hydrogens (tertiary/aromatic N) is 3. The normalized spacial score (nSPS) is 21.9. The van der Waals surface area contributed by atoms with Crippen LogP contribution in [0.15, 0.2) is 24.3 Å². The molecule has 156 valence electrons. The highest BCUT2D eigenvalue weighted by Crippen LogP contribution is 2.40. The number of hydrogen-bond donors (Lipinski definition) is 1. The molecule has 4 rings (SSSR count). The molecule has 0 radical (unpaired) electrons. The van der Waals surface area contributed by atoms with Crippen molar-refractivity contribution in [1.82, 2.24) is 14.7 Å². The molecule has 1 amide bonds. The summed E-state index contributed by atoms with van der Waals surface area (Å²) in [7, 11) is 5.02. The van der Waals surface area contributed by atoms with Crippen LogP contribution in [0, 0.1) is 0 Å². The van der Waals surface area contributed by atoms with Crippen molar-refractivity contribution >= 4 is 5.91 Å². The Hall–Kier alpha value is -2.58. The predicted octanol–water partition coefficient (Wildman–Crippen LogP) is 1.89. The molecular formula is C21H27N3O5. The molecule has 0 spiro atoms. The van der Waals surface area contributed by atoms with Crippen molar-refractivity contribution in [2.45, 2.75) is 30.9 Å². The minimum absolute atomic E-state index is 0.158. The number of carbonyl (C=O) groups is 1. The summed E-state index contributed by atoms with van der Waals surface area (Å²) in [4.78, 5) is 15.1. The van der Waals surface area contributed by atoms with Crippen molar-refractivity contribution in [1.29, 1.82) is 0 Å². The number of carbonyl (C=O) groups excluding carboxylic acids is 1. The van der Waals surface area contributed by atoms with Crippen LogP contribution >= 0.6 is 0 Å². The SMILES string of the molecule is COc1ccc([C@H]2[C@H](CO)OCCN2C(=O)c2cc(C3CC3)n(C)n2)cc1OC. The van der Waals surface area contributed by atoms with Gasteiger partial charge in [-0.2, -0.15) is 5.10 Å². The van der Waals surface area contributed by atoms with E-state index in [1.165, 1.54) is 0 Å². The van der Waals surface area contributed by atoms with Crippen LogP contribution in [0.5, 0.6) is 11.5 Å². The number of aliphatic hydroxyl groups excluding tert-OH is 1. The molecule has 2 fully saturated rings. The summed E-state index contributed by atoms with van der Waals surface area (Å²) < 4.78 is 18.3. The molecule has 1 aromatic carbocycles. The summed E-state index contributed by atoms with van der Waals surface area (Å²) >= 11 is 0. The molecular weight excluding hydrogens is 374 g/mol. The first-order chi connectivity index (χ1) is 14.1. The summed E-state index contributed by atoms with van der Waals surface area (Å²) in [5.41, 5.74) is 2.34. The van der Waals surface area contributed by atoms with Crippen LogP contribution in [0.1, 0.15) is 46.5 Å². The lowest BCUT2D eigenvalue weighted by atomic mass is 9.97. The molecule has 1 aliphatic heterocycles. The van der Waals surface area contributed by atoms with Gasteiger partial charge in [0.05, 0.1) is 33.5 Å². The first-order valence-corrected chi connectivity index (χ1v) is 9.86. The first kappa shape index (κ1) is 19.7. The van der Waals surface area contributed by atoms with Crippen molar-refractivity contribution in [3.8, 4) is 11.5 Å². The highest BCUT2D eigenvalue weighted by atomic mass is 16.5. The van der Waals surface area contributed by atoms with Gasteiger partial charge in [-0.05, 0) is 36.6 Å². The minimum Gasteiger partial charge on any atom is -0.493 e. The van der Waals surface area contributed by atoms with Gasteiger partial charge in [0.15, 0.2) is 17.2 Å². The number of benzene rings is 1. The smallest absolute Gasteiger partial charge is 0.275 e. The summed E-state index contributed by atoms with van der Waals surface area (Å²) in [6.07, 6.45) is 1.76. The number of aliphatic hydroxyl groups is 1. The summed E-state index contributed by atoms with van der Waals surface area (Å²) in [6, 6.07) is 6.95. The standard InChI is InChI=1S/C21H27N3O5/c1-23-16(13-4-5-13)11-15(22-23)21(26)24-8-9-29-19(12-25)20(24)14-6-7-17(27-2)18(10-14)28-3/h6-7,10-11,13,19-20,25H,4-5,8-9,12H2,1-3H3/t19-,20-/m0/s1. The lowest BCUT2D eigenvalue weighted by Crippen LogP contribution is -2.49. The average molecular weight is 401 g/mol. The van der Waals surface area contributed by atoms with Crippen molar-refractivity contribution in [2.24, 2.45) is 7.05 Å². The van der Waals surface area contributed by atoms with Crippen LogP contribution in [-0.2, 0) is 11.8 Å². The van der Waals surface area contributed by atoms with E-state index in [0.717, 1.165) is 24.1 Å². The lowest BCUT2D eigenvalue weighted by molar-refractivity contribution is -0.0813. The zero-order chi connectivity index (χ0) is 20.5. The highest BCUT2D eigenvalue weighted by Gasteiger charge is 2.38. The van der Waals surface area contributed by atoms with Crippen LogP contribution < -0.4 is 9.47 Å². The van der Waals surface area contributed by atoms with Gasteiger partial charge in [-0.15, -0.1) is 0 Å². The third-order valence-electron chi connectivity index (χ3n) is 5.67. The molecule has 29 heavy (non-hydrogen) atoms. The van der Waals surface area contributed by atoms with Gasteiger partial charge in [0.2, 0.25) is 0 Å². The minimum atomic E-state index is -0.530. The van der Waals surface area contributed by atoms with Gasteiger partial charge in [0.25, 0.3) is 5.91 Å². The van der Waals surface area contributed by atoms with Crippen molar-refractivity contribution < 1.29 is 24.1 Å². The van der Waals surface area contributed by atoms with Crippen molar-refractivity contribution in [3.63, 3.8) is 0 Å². The Kier molecular flexibility index (Phi) is 5.47. The monoisotopic (exact) mass is 401 g/mol. The Morgan fingerprint density at radius 2 is 2.00 bits per heavy atom. The third-order valence-corrected chi connectivity index (χ3v) is 5.67. The van der Waals surface area contributed by atoms with E-state index in [4.69, 9.17) is 14.2 Å². The second-order valence-corrected chi connectivity index (χ2v) is 7.50. The van der Waals surface area contributed by atoms with Gasteiger partial charge >= 0.3 is 0 Å². The fourth-order valence-corrected chi connectivity index (χ4v) is 4.04. The molecule has 0 bridgehead atoms. The molecule has 1 aliphatic carbocycles. The van der Waals surface area contributed by atoms with Gasteiger partial charge in [-0.3, -0.25) is 9.48 Å². The molecule has 0 unspecified atom stereocenters. The second-order valence-electron chi connectivity index (χ2n) is 7.50. The molecule has 2 heterocycles. The molecule has 8 heteroatoms. The highest BCUT2D eigenvalue weighted by molar-refractivity contribution is 5.93. The molecule has 2 aliphatic rings. The van der Waals surface area contributed by atoms with Gasteiger partial charge in [-0.1, -0.05) is 6.07 Å². The fraction of sp³-hybridized carbons (Fsp3) is 0.524. The quantitative estimate of drug-likeness (QED) is 0.796. The number of ether oxygens (including phenoxy) is 3. The van der Waals surface area contributed by atoms with E-state index < -0.39 is 12.1 Å². The van der Waals surface area contributed by atoms with Crippen molar-refractivity contribution in [3.05, 3.63) is 41.2 Å². The summed E-state index contributed by atoms with van der Waals surface area (Å²) in [5, 5.41) is 14.4. The zero-order valence-electron chi connectivity index (χ0n) is 17.0. The van der Waals surface area contributed by atoms with Crippen LogP contribution in [0.2, 0.25) is 0 Å². The van der Waals surface area contributed by atoms with Crippen LogP contribution in [-0.4, -0.2) is 65.8 Å². The molecule has 2 aromatic rings. The van der Waals surface area contributed by atoms with E-state index in [-0.39, 0.29) is 12.5 Å². The van der Waals surface area contributed by atoms with E-state index in [1.807, 2.05) is 25.2 Å². The lowest BCUT2D eigenvalue weighted by Gasteiger charge is -2.40. The Morgan fingerprint density at radius 3 is 2.66 bits per heavy atom. The van der Waals surface area contributed by atoms with Gasteiger partial charge in [0.1, 0.15) is 6.10 Å². The average Bonchev–Trinajstić information content (AvgIpc) is 3.53. The Bertz CT molecular complexity index is 892. The summed E-state index contributed by atoms with van der Waals surface area (Å²) in [5.74, 6) is 1.51. The van der Waals surface area contributed by atoms with E-state index in [9.17, 15) is 9.90 Å². The molecule has 2 atom stereocenters. The largest absolute Gasteiger partial charge is 0.493 e. The van der Waals surface area contributed by atoms with E-state index in [2.05, 4.69) is 5.10 Å². The van der Waals surface area contributed by atoms with Crippen LogP contribution in [0.25, 0.3) is 0 Å². The molecule has 8 nitrogen and oxygen atoms in total. The van der Waals surface area contributed by atoms with E-state index >= 15 is 0 Å². The maximum atomic E-state index is 13.4. The van der Waals surface area contributed by atoms with Gasteiger partial charge < -0.3 is 24.2 Å². The zero-order valence-corrected chi connectivity index (χ0v) is 17.0. The molecule has 1 saturated carbocycles. The number of aromatic nitrogens is 2. The number of aryl methyl sites for hydroxylation is 1. The maximum Gasteiger partial charge on any atom is 0.275 e. The number of rotatable bonds is 6. The molecule has 1 aromatic heterocycles. The van der Waals surface area contributed by atoms with Crippen LogP contribution in [0.4, 0.5) is 0 Å². The maximum absolute atomic E-state index is 13.4. The number of hydrogen-bond acceptors (Lipinski definition) is 6. The van der Waals surface area contributed by atoms with Crippen molar-refractivity contribution in [2.75, 3.05) is 34.0 Å². The van der Waals surface area contributed by atoms with E-state index in [0.29, 0.717) is 36.3 Å². The Balaban J connectivity index is 1.68. The Morgan fingerprint density at radius 1 is 1.24 bits per heavy atom. The number of methoxy groups -OCH3 is 2. The fourth-order valence-electron chi connectivity index (χ4n) is 4.04. The number of amides is 1. The molecule has 1 N–H and O–H groups in total.